The number of nitrogens with zero attached hydrogens (tertiary/aromatic N) is 1. The number of benzene rings is 8. The van der Waals surface area contributed by atoms with Crippen LogP contribution in [-0.2, 0) is 5.41 Å². The maximum atomic E-state index is 2.48. The third-order valence-electron chi connectivity index (χ3n) is 11.0. The second kappa shape index (κ2) is 10.9. The van der Waals surface area contributed by atoms with Crippen molar-refractivity contribution in [2.45, 2.75) is 19.3 Å². The summed E-state index contributed by atoms with van der Waals surface area (Å²) in [5.74, 6) is 0. The summed E-state index contributed by atoms with van der Waals surface area (Å²) >= 11 is 0. The Morgan fingerprint density at radius 1 is 0.360 bits per heavy atom. The number of hydrogen-bond acceptors (Lipinski definition) is 1. The molecule has 0 saturated carbocycles. The van der Waals surface area contributed by atoms with Crippen LogP contribution in [0.3, 0.4) is 0 Å². The molecule has 0 atom stereocenters. The molecular weight excluding hydrogens is 603 g/mol. The Balaban J connectivity index is 1.17. The van der Waals surface area contributed by atoms with E-state index < -0.39 is 0 Å². The highest BCUT2D eigenvalue weighted by Gasteiger charge is 2.38. The molecule has 0 aliphatic heterocycles. The lowest BCUT2D eigenvalue weighted by Gasteiger charge is -2.30. The predicted molar refractivity (Wildman–Crippen MR) is 211 cm³/mol. The molecular formula is C49H35N. The van der Waals surface area contributed by atoms with E-state index in [4.69, 9.17) is 0 Å². The average Bonchev–Trinajstić information content (AvgIpc) is 3.63. The molecule has 0 heterocycles. The van der Waals surface area contributed by atoms with Gasteiger partial charge in [0, 0.05) is 22.2 Å². The lowest BCUT2D eigenvalue weighted by molar-refractivity contribution is 0.660. The van der Waals surface area contributed by atoms with Crippen LogP contribution in [0, 0.1) is 0 Å². The fourth-order valence-electron chi connectivity index (χ4n) is 8.71. The van der Waals surface area contributed by atoms with Gasteiger partial charge >= 0.3 is 0 Å². The SMILES string of the molecule is CC1(C)c2ccccc2-c2c(N(c3ccc(-c4ccc5c6c(cccc46)-c4ccccc4-5)cc3)c3ccccc3-c3ccccc3)cccc21. The Morgan fingerprint density at radius 3 is 1.68 bits per heavy atom. The number of rotatable bonds is 5. The second-order valence-electron chi connectivity index (χ2n) is 14.1. The third-order valence-corrected chi connectivity index (χ3v) is 11.0. The van der Waals surface area contributed by atoms with Gasteiger partial charge < -0.3 is 4.90 Å². The normalized spacial score (nSPS) is 13.2. The minimum absolute atomic E-state index is 0.0914. The first-order valence-electron chi connectivity index (χ1n) is 17.5. The van der Waals surface area contributed by atoms with Gasteiger partial charge in [0.1, 0.15) is 0 Å². The summed E-state index contributed by atoms with van der Waals surface area (Å²) in [5, 5.41) is 2.66. The van der Waals surface area contributed by atoms with E-state index in [1.165, 1.54) is 83.2 Å². The van der Waals surface area contributed by atoms with Gasteiger partial charge in [-0.25, -0.2) is 0 Å². The third kappa shape index (κ3) is 4.13. The van der Waals surface area contributed by atoms with E-state index in [1.54, 1.807) is 0 Å². The van der Waals surface area contributed by atoms with Crippen LogP contribution in [0.4, 0.5) is 17.1 Å². The maximum absolute atomic E-state index is 2.48. The molecule has 1 heteroatoms. The Labute approximate surface area is 293 Å². The molecule has 8 aromatic carbocycles. The minimum atomic E-state index is -0.0914. The van der Waals surface area contributed by atoms with Crippen molar-refractivity contribution in [3.05, 3.63) is 187 Å². The van der Waals surface area contributed by atoms with Crippen molar-refractivity contribution in [3.63, 3.8) is 0 Å². The van der Waals surface area contributed by atoms with Gasteiger partial charge in [-0.15, -0.1) is 0 Å². The van der Waals surface area contributed by atoms with Crippen molar-refractivity contribution in [1.82, 2.24) is 0 Å². The van der Waals surface area contributed by atoms with Gasteiger partial charge in [-0.1, -0.05) is 166 Å². The monoisotopic (exact) mass is 637 g/mol. The molecule has 0 amide bonds. The van der Waals surface area contributed by atoms with Gasteiger partial charge in [-0.3, -0.25) is 0 Å². The van der Waals surface area contributed by atoms with Crippen LogP contribution in [-0.4, -0.2) is 0 Å². The Morgan fingerprint density at radius 2 is 0.900 bits per heavy atom. The summed E-state index contributed by atoms with van der Waals surface area (Å²) in [5.41, 5.74) is 19.0. The number of anilines is 3. The smallest absolute Gasteiger partial charge is 0.0543 e. The molecule has 0 N–H and O–H groups in total. The molecule has 0 radical (unpaired) electrons. The van der Waals surface area contributed by atoms with E-state index >= 15 is 0 Å². The zero-order valence-corrected chi connectivity index (χ0v) is 28.2. The largest absolute Gasteiger partial charge is 0.309 e. The van der Waals surface area contributed by atoms with Crippen molar-refractivity contribution in [2.75, 3.05) is 4.90 Å². The predicted octanol–water partition coefficient (Wildman–Crippen LogP) is 13.6. The first-order chi connectivity index (χ1) is 24.6. The molecule has 0 bridgehead atoms. The summed E-state index contributed by atoms with van der Waals surface area (Å²) in [4.78, 5) is 2.48. The highest BCUT2D eigenvalue weighted by molar-refractivity contribution is 6.18. The average molecular weight is 638 g/mol. The van der Waals surface area contributed by atoms with E-state index in [1.807, 2.05) is 0 Å². The molecule has 8 aromatic rings. The molecule has 0 unspecified atom stereocenters. The molecule has 50 heavy (non-hydrogen) atoms. The van der Waals surface area contributed by atoms with Gasteiger partial charge in [0.25, 0.3) is 0 Å². The van der Waals surface area contributed by atoms with E-state index in [-0.39, 0.29) is 5.41 Å². The van der Waals surface area contributed by atoms with E-state index in [9.17, 15) is 0 Å². The van der Waals surface area contributed by atoms with Gasteiger partial charge in [0.05, 0.1) is 11.4 Å². The van der Waals surface area contributed by atoms with Crippen LogP contribution >= 0.6 is 0 Å². The Bertz CT molecular complexity index is 2580. The van der Waals surface area contributed by atoms with Crippen LogP contribution in [0.15, 0.2) is 176 Å². The van der Waals surface area contributed by atoms with Crippen molar-refractivity contribution < 1.29 is 0 Å². The molecule has 1 nitrogen and oxygen atoms in total. The molecule has 0 aromatic heterocycles. The summed E-state index contributed by atoms with van der Waals surface area (Å²) < 4.78 is 0. The van der Waals surface area contributed by atoms with Crippen LogP contribution < -0.4 is 4.90 Å². The van der Waals surface area contributed by atoms with Crippen LogP contribution in [0.5, 0.6) is 0 Å². The van der Waals surface area contributed by atoms with E-state index in [0.29, 0.717) is 0 Å². The van der Waals surface area contributed by atoms with E-state index in [2.05, 4.69) is 195 Å². The molecule has 0 spiro atoms. The number of fused-ring (bicyclic) bond motifs is 6. The summed E-state index contributed by atoms with van der Waals surface area (Å²) in [7, 11) is 0. The highest BCUT2D eigenvalue weighted by atomic mass is 15.1. The summed E-state index contributed by atoms with van der Waals surface area (Å²) in [6.07, 6.45) is 0. The van der Waals surface area contributed by atoms with Gasteiger partial charge in [0.2, 0.25) is 0 Å². The lowest BCUT2D eigenvalue weighted by Crippen LogP contribution is -2.16. The molecule has 2 aliphatic carbocycles. The molecule has 2 aliphatic rings. The topological polar surface area (TPSA) is 3.24 Å². The van der Waals surface area contributed by atoms with Crippen molar-refractivity contribution in [3.8, 4) is 55.6 Å². The number of hydrogen-bond donors (Lipinski definition) is 0. The zero-order chi connectivity index (χ0) is 33.4. The first-order valence-corrected chi connectivity index (χ1v) is 17.5. The van der Waals surface area contributed by atoms with Crippen molar-refractivity contribution in [2.24, 2.45) is 0 Å². The molecule has 0 fully saturated rings. The Kier molecular flexibility index (Phi) is 6.29. The van der Waals surface area contributed by atoms with Crippen molar-refractivity contribution >= 4 is 27.8 Å². The van der Waals surface area contributed by atoms with Gasteiger partial charge in [-0.05, 0) is 90.7 Å². The second-order valence-corrected chi connectivity index (χ2v) is 14.1. The summed E-state index contributed by atoms with van der Waals surface area (Å²) in [6, 6.07) is 64.8. The lowest BCUT2D eigenvalue weighted by atomic mass is 9.82. The number of para-hydroxylation sites is 1. The van der Waals surface area contributed by atoms with E-state index in [0.717, 1.165) is 11.4 Å². The molecule has 236 valence electrons. The standard InChI is InChI=1S/C49H35N/c1-49(2)43-22-10-8-19-42(43)48-44(49)23-13-25-46(48)50(45-24-11-9-16-36(45)32-14-4-3-5-15-32)34-28-26-33(27-29-34)35-30-31-41-38-18-7-6-17-37(38)40-21-12-20-39(35)47(40)41/h3-31H,1-2H3. The van der Waals surface area contributed by atoms with Crippen molar-refractivity contribution in [1.29, 1.82) is 0 Å². The fourth-order valence-corrected chi connectivity index (χ4v) is 8.71. The van der Waals surface area contributed by atoms with Gasteiger partial charge in [-0.2, -0.15) is 0 Å². The maximum Gasteiger partial charge on any atom is 0.0543 e. The quantitative estimate of drug-likeness (QED) is 0.181. The van der Waals surface area contributed by atoms with Crippen LogP contribution in [0.2, 0.25) is 0 Å². The van der Waals surface area contributed by atoms with Gasteiger partial charge in [0.15, 0.2) is 0 Å². The Hall–Kier alpha value is -6.18. The van der Waals surface area contributed by atoms with Crippen LogP contribution in [0.25, 0.3) is 66.4 Å². The fraction of sp³-hybridized carbons (Fsp3) is 0.0612. The first kappa shape index (κ1) is 28.8. The van der Waals surface area contributed by atoms with Crippen LogP contribution in [0.1, 0.15) is 25.0 Å². The minimum Gasteiger partial charge on any atom is -0.309 e. The molecule has 10 rings (SSSR count). The summed E-state index contributed by atoms with van der Waals surface area (Å²) in [6.45, 7) is 4.71. The highest BCUT2D eigenvalue weighted by Crippen LogP contribution is 2.55. The molecule has 0 saturated heterocycles. The zero-order valence-electron chi connectivity index (χ0n) is 28.2.